The lowest BCUT2D eigenvalue weighted by Gasteiger charge is -2.34. The lowest BCUT2D eigenvalue weighted by atomic mass is 9.92. The highest BCUT2D eigenvalue weighted by Gasteiger charge is 2.25. The predicted octanol–water partition coefficient (Wildman–Crippen LogP) is 2.21. The number of nitrogens with two attached hydrogens (primary N) is 1. The summed E-state index contributed by atoms with van der Waals surface area (Å²) in [5.74, 6) is 0.739. The van der Waals surface area contributed by atoms with Crippen LogP contribution in [0, 0.1) is 5.92 Å². The Labute approximate surface area is 115 Å². The van der Waals surface area contributed by atoms with E-state index in [1.807, 2.05) is 30.0 Å². The van der Waals surface area contributed by atoms with Gasteiger partial charge < -0.3 is 10.6 Å². The topological polar surface area (TPSA) is 46.3 Å². The first-order chi connectivity index (χ1) is 9.16. The van der Waals surface area contributed by atoms with E-state index in [0.717, 1.165) is 32.4 Å². The number of hydrogen-bond donors (Lipinski definition) is 1. The number of amides is 1. The molecular formula is C16H24N2O. The van der Waals surface area contributed by atoms with Crippen LogP contribution in [-0.2, 0) is 11.2 Å². The van der Waals surface area contributed by atoms with Gasteiger partial charge in [0.05, 0.1) is 0 Å². The Morgan fingerprint density at radius 3 is 2.84 bits per heavy atom. The van der Waals surface area contributed by atoms with Crippen molar-refractivity contribution in [3.63, 3.8) is 0 Å². The number of benzene rings is 1. The van der Waals surface area contributed by atoms with Crippen molar-refractivity contribution in [1.82, 2.24) is 4.90 Å². The van der Waals surface area contributed by atoms with Gasteiger partial charge in [0, 0.05) is 25.6 Å². The van der Waals surface area contributed by atoms with E-state index in [-0.39, 0.29) is 11.9 Å². The molecule has 0 aliphatic carbocycles. The van der Waals surface area contributed by atoms with Gasteiger partial charge in [-0.05, 0) is 37.7 Å². The van der Waals surface area contributed by atoms with Gasteiger partial charge in [-0.3, -0.25) is 4.79 Å². The number of carbonyl (C=O) groups is 1. The zero-order valence-electron chi connectivity index (χ0n) is 11.7. The number of nitrogens with zero attached hydrogens (tertiary/aromatic N) is 1. The van der Waals surface area contributed by atoms with E-state index >= 15 is 0 Å². The second-order valence-corrected chi connectivity index (χ2v) is 5.59. The van der Waals surface area contributed by atoms with Gasteiger partial charge in [0.15, 0.2) is 0 Å². The largest absolute Gasteiger partial charge is 0.342 e. The number of likely N-dealkylation sites (tertiary alicyclic amines) is 1. The summed E-state index contributed by atoms with van der Waals surface area (Å²) in [6.45, 7) is 3.78. The Morgan fingerprint density at radius 2 is 2.16 bits per heavy atom. The third kappa shape index (κ3) is 4.06. The normalized spacial score (nSPS) is 21.2. The molecule has 3 heteroatoms. The van der Waals surface area contributed by atoms with Crippen LogP contribution >= 0.6 is 0 Å². The standard InChI is InChI=1S/C16H24N2O/c1-13(17)15-8-5-11-18(12-15)16(19)10-9-14-6-3-2-4-7-14/h2-4,6-7,13,15H,5,8-12,17H2,1H3. The van der Waals surface area contributed by atoms with E-state index in [1.165, 1.54) is 5.56 Å². The van der Waals surface area contributed by atoms with Crippen LogP contribution in [0.25, 0.3) is 0 Å². The Balaban J connectivity index is 1.83. The molecule has 1 aliphatic rings. The van der Waals surface area contributed by atoms with Crippen molar-refractivity contribution < 1.29 is 4.79 Å². The second kappa shape index (κ2) is 6.71. The first-order valence-corrected chi connectivity index (χ1v) is 7.24. The van der Waals surface area contributed by atoms with Crippen LogP contribution in [0.4, 0.5) is 0 Å². The minimum Gasteiger partial charge on any atom is -0.342 e. The van der Waals surface area contributed by atoms with E-state index < -0.39 is 0 Å². The van der Waals surface area contributed by atoms with Gasteiger partial charge in [0.2, 0.25) is 5.91 Å². The fourth-order valence-corrected chi connectivity index (χ4v) is 2.72. The van der Waals surface area contributed by atoms with Crippen LogP contribution in [0.15, 0.2) is 30.3 Å². The molecular weight excluding hydrogens is 236 g/mol. The molecule has 0 spiro atoms. The van der Waals surface area contributed by atoms with E-state index in [2.05, 4.69) is 12.1 Å². The number of aryl methyl sites for hydroxylation is 1. The molecule has 1 saturated heterocycles. The van der Waals surface area contributed by atoms with Gasteiger partial charge in [-0.15, -0.1) is 0 Å². The molecule has 2 unspecified atom stereocenters. The van der Waals surface area contributed by atoms with Gasteiger partial charge in [0.25, 0.3) is 0 Å². The first kappa shape index (κ1) is 14.1. The average molecular weight is 260 g/mol. The fraction of sp³-hybridized carbons (Fsp3) is 0.562. The maximum absolute atomic E-state index is 12.2. The molecule has 1 aliphatic heterocycles. The highest BCUT2D eigenvalue weighted by molar-refractivity contribution is 5.76. The summed E-state index contributed by atoms with van der Waals surface area (Å²) < 4.78 is 0. The fourth-order valence-electron chi connectivity index (χ4n) is 2.72. The van der Waals surface area contributed by atoms with Crippen LogP contribution in [0.1, 0.15) is 31.7 Å². The molecule has 104 valence electrons. The monoisotopic (exact) mass is 260 g/mol. The van der Waals surface area contributed by atoms with Crippen molar-refractivity contribution in [3.05, 3.63) is 35.9 Å². The highest BCUT2D eigenvalue weighted by Crippen LogP contribution is 2.19. The molecule has 0 radical (unpaired) electrons. The number of rotatable bonds is 4. The zero-order valence-corrected chi connectivity index (χ0v) is 11.7. The smallest absolute Gasteiger partial charge is 0.222 e. The molecule has 2 atom stereocenters. The Morgan fingerprint density at radius 1 is 1.42 bits per heavy atom. The van der Waals surface area contributed by atoms with Crippen LogP contribution in [-0.4, -0.2) is 29.9 Å². The first-order valence-electron chi connectivity index (χ1n) is 7.24. The Hall–Kier alpha value is -1.35. The van der Waals surface area contributed by atoms with Crippen molar-refractivity contribution in [3.8, 4) is 0 Å². The lowest BCUT2D eigenvalue weighted by molar-refractivity contribution is -0.133. The van der Waals surface area contributed by atoms with Gasteiger partial charge in [0.1, 0.15) is 0 Å². The summed E-state index contributed by atoms with van der Waals surface area (Å²) >= 11 is 0. The van der Waals surface area contributed by atoms with Gasteiger partial charge in [-0.1, -0.05) is 30.3 Å². The second-order valence-electron chi connectivity index (χ2n) is 5.59. The van der Waals surface area contributed by atoms with Crippen LogP contribution < -0.4 is 5.73 Å². The third-order valence-electron chi connectivity index (χ3n) is 4.02. The Kier molecular flexibility index (Phi) is 4.97. The molecule has 2 rings (SSSR count). The van der Waals surface area contributed by atoms with E-state index in [1.54, 1.807) is 0 Å². The van der Waals surface area contributed by atoms with Crippen molar-refractivity contribution in [2.75, 3.05) is 13.1 Å². The Bertz CT molecular complexity index is 402. The minimum atomic E-state index is 0.185. The maximum Gasteiger partial charge on any atom is 0.222 e. The molecule has 19 heavy (non-hydrogen) atoms. The molecule has 3 nitrogen and oxygen atoms in total. The quantitative estimate of drug-likeness (QED) is 0.902. The summed E-state index contributed by atoms with van der Waals surface area (Å²) in [6.07, 6.45) is 3.68. The molecule has 1 heterocycles. The average Bonchev–Trinajstić information content (AvgIpc) is 2.46. The maximum atomic E-state index is 12.2. The molecule has 0 bridgehead atoms. The number of carbonyl (C=O) groups excluding carboxylic acids is 1. The van der Waals surface area contributed by atoms with Gasteiger partial charge >= 0.3 is 0 Å². The molecule has 1 aromatic rings. The molecule has 1 fully saturated rings. The SMILES string of the molecule is CC(N)C1CCCN(C(=O)CCc2ccccc2)C1. The molecule has 1 amide bonds. The zero-order chi connectivity index (χ0) is 13.7. The van der Waals surface area contributed by atoms with Crippen molar-refractivity contribution in [2.45, 2.75) is 38.6 Å². The van der Waals surface area contributed by atoms with Crippen molar-refractivity contribution in [2.24, 2.45) is 11.7 Å². The summed E-state index contributed by atoms with van der Waals surface area (Å²) in [6, 6.07) is 10.4. The molecule has 0 aromatic heterocycles. The molecule has 1 aromatic carbocycles. The molecule has 2 N–H and O–H groups in total. The number of piperidine rings is 1. The predicted molar refractivity (Wildman–Crippen MR) is 77.7 cm³/mol. The van der Waals surface area contributed by atoms with E-state index in [0.29, 0.717) is 12.3 Å². The lowest BCUT2D eigenvalue weighted by Crippen LogP contribution is -2.45. The minimum absolute atomic E-state index is 0.185. The van der Waals surface area contributed by atoms with Crippen LogP contribution in [0.5, 0.6) is 0 Å². The van der Waals surface area contributed by atoms with Crippen molar-refractivity contribution >= 4 is 5.91 Å². The van der Waals surface area contributed by atoms with Gasteiger partial charge in [-0.25, -0.2) is 0 Å². The summed E-state index contributed by atoms with van der Waals surface area (Å²) in [4.78, 5) is 14.2. The highest BCUT2D eigenvalue weighted by atomic mass is 16.2. The van der Waals surface area contributed by atoms with Gasteiger partial charge in [-0.2, -0.15) is 0 Å². The summed E-state index contributed by atoms with van der Waals surface area (Å²) in [5, 5.41) is 0. The van der Waals surface area contributed by atoms with E-state index in [9.17, 15) is 4.79 Å². The van der Waals surface area contributed by atoms with Crippen molar-refractivity contribution in [1.29, 1.82) is 0 Å². The van der Waals surface area contributed by atoms with Crippen LogP contribution in [0.3, 0.4) is 0 Å². The third-order valence-corrected chi connectivity index (χ3v) is 4.02. The number of hydrogen-bond acceptors (Lipinski definition) is 2. The summed E-state index contributed by atoms with van der Waals surface area (Å²) in [5.41, 5.74) is 7.19. The van der Waals surface area contributed by atoms with Crippen LogP contribution in [0.2, 0.25) is 0 Å². The summed E-state index contributed by atoms with van der Waals surface area (Å²) in [7, 11) is 0. The molecule has 0 saturated carbocycles. The van der Waals surface area contributed by atoms with E-state index in [4.69, 9.17) is 5.73 Å².